The van der Waals surface area contributed by atoms with Gasteiger partial charge < -0.3 is 15.5 Å². The number of hydrogen-bond donors (Lipinski definition) is 2. The molecule has 1 saturated heterocycles. The van der Waals surface area contributed by atoms with Crippen molar-refractivity contribution in [2.24, 2.45) is 5.41 Å². The maximum absolute atomic E-state index is 4.55. The second-order valence-corrected chi connectivity index (χ2v) is 7.14. The molecule has 0 spiro atoms. The van der Waals surface area contributed by atoms with Gasteiger partial charge in [-0.25, -0.2) is 4.98 Å². The third kappa shape index (κ3) is 4.81. The molecule has 21 heavy (non-hydrogen) atoms. The molecule has 1 aliphatic heterocycles. The fourth-order valence-corrected chi connectivity index (χ4v) is 2.78. The predicted molar refractivity (Wildman–Crippen MR) is 91.8 cm³/mol. The second-order valence-electron chi connectivity index (χ2n) is 6.28. The van der Waals surface area contributed by atoms with Crippen LogP contribution in [0, 0.1) is 5.41 Å². The highest BCUT2D eigenvalue weighted by atomic mass is 79.9. The van der Waals surface area contributed by atoms with E-state index >= 15 is 0 Å². The summed E-state index contributed by atoms with van der Waals surface area (Å²) in [6.45, 7) is 8.68. The van der Waals surface area contributed by atoms with Crippen molar-refractivity contribution in [2.45, 2.75) is 33.1 Å². The largest absolute Gasteiger partial charge is 0.368 e. The Kier molecular flexibility index (Phi) is 5.81. The number of aromatic nitrogens is 2. The first-order chi connectivity index (χ1) is 10.0. The average molecular weight is 356 g/mol. The zero-order valence-corrected chi connectivity index (χ0v) is 14.8. The van der Waals surface area contributed by atoms with Crippen molar-refractivity contribution >= 4 is 27.7 Å². The zero-order chi connectivity index (χ0) is 15.3. The van der Waals surface area contributed by atoms with Crippen LogP contribution in [0.1, 0.15) is 33.1 Å². The first kappa shape index (κ1) is 16.5. The lowest BCUT2D eigenvalue weighted by atomic mass is 9.80. The topological polar surface area (TPSA) is 53.1 Å². The fraction of sp³-hybridized carbons (Fsp3) is 0.733. The molecule has 2 N–H and O–H groups in total. The molecule has 6 heteroatoms. The van der Waals surface area contributed by atoms with Gasteiger partial charge in [0.15, 0.2) is 0 Å². The van der Waals surface area contributed by atoms with Crippen LogP contribution in [0.5, 0.6) is 0 Å². The van der Waals surface area contributed by atoms with E-state index in [0.717, 1.165) is 29.8 Å². The standard InChI is InChI=1S/C15H26BrN5/c1-4-7-17-14-18-10-12(16)13(20-14)19-11-15(2)5-8-21(3)9-6-15/h10H,4-9,11H2,1-3H3,(H2,17,18,19,20). The van der Waals surface area contributed by atoms with Crippen LogP contribution in [0.15, 0.2) is 10.7 Å². The number of likely N-dealkylation sites (tertiary alicyclic amines) is 1. The second kappa shape index (κ2) is 7.40. The molecule has 0 bridgehead atoms. The van der Waals surface area contributed by atoms with E-state index in [0.29, 0.717) is 11.4 Å². The first-order valence-electron chi connectivity index (χ1n) is 7.71. The van der Waals surface area contributed by atoms with Crippen LogP contribution in [-0.4, -0.2) is 48.1 Å². The Morgan fingerprint density at radius 1 is 1.33 bits per heavy atom. The van der Waals surface area contributed by atoms with E-state index in [1.165, 1.54) is 25.9 Å². The summed E-state index contributed by atoms with van der Waals surface area (Å²) < 4.78 is 0.918. The molecular weight excluding hydrogens is 330 g/mol. The quantitative estimate of drug-likeness (QED) is 0.820. The molecule has 5 nitrogen and oxygen atoms in total. The number of nitrogens with one attached hydrogen (secondary N) is 2. The van der Waals surface area contributed by atoms with Gasteiger partial charge in [-0.3, -0.25) is 0 Å². The van der Waals surface area contributed by atoms with E-state index in [9.17, 15) is 0 Å². The maximum atomic E-state index is 4.55. The van der Waals surface area contributed by atoms with Gasteiger partial charge in [-0.05, 0) is 60.7 Å². The molecule has 1 aromatic heterocycles. The Labute approximate surface area is 136 Å². The van der Waals surface area contributed by atoms with E-state index in [1.54, 1.807) is 0 Å². The lowest BCUT2D eigenvalue weighted by Crippen LogP contribution is -2.40. The SMILES string of the molecule is CCCNc1ncc(Br)c(NCC2(C)CCN(C)CC2)n1. The number of rotatable bonds is 6. The molecule has 2 rings (SSSR count). The van der Waals surface area contributed by atoms with Gasteiger partial charge in [-0.2, -0.15) is 4.98 Å². The highest BCUT2D eigenvalue weighted by Crippen LogP contribution is 2.31. The molecule has 0 aromatic carbocycles. The Morgan fingerprint density at radius 3 is 2.71 bits per heavy atom. The van der Waals surface area contributed by atoms with Crippen LogP contribution in [0.25, 0.3) is 0 Å². The van der Waals surface area contributed by atoms with E-state index in [-0.39, 0.29) is 0 Å². The molecule has 0 aliphatic carbocycles. The number of nitrogens with zero attached hydrogens (tertiary/aromatic N) is 3. The van der Waals surface area contributed by atoms with Crippen molar-refractivity contribution in [3.63, 3.8) is 0 Å². The highest BCUT2D eigenvalue weighted by molar-refractivity contribution is 9.10. The monoisotopic (exact) mass is 355 g/mol. The molecular formula is C15H26BrN5. The van der Waals surface area contributed by atoms with Crippen molar-refractivity contribution in [3.8, 4) is 0 Å². The lowest BCUT2D eigenvalue weighted by Gasteiger charge is -2.38. The number of halogens is 1. The predicted octanol–water partition coefficient (Wildman–Crippen LogP) is 3.20. The minimum atomic E-state index is 0.341. The summed E-state index contributed by atoms with van der Waals surface area (Å²) in [6.07, 6.45) is 5.32. The van der Waals surface area contributed by atoms with Crippen LogP contribution in [0.2, 0.25) is 0 Å². The fourth-order valence-electron chi connectivity index (χ4n) is 2.45. The van der Waals surface area contributed by atoms with Crippen molar-refractivity contribution in [1.29, 1.82) is 0 Å². The molecule has 0 atom stereocenters. The Balaban J connectivity index is 1.95. The molecule has 1 fully saturated rings. The van der Waals surface area contributed by atoms with Gasteiger partial charge >= 0.3 is 0 Å². The van der Waals surface area contributed by atoms with E-state index in [1.807, 2.05) is 6.20 Å². The molecule has 0 amide bonds. The Morgan fingerprint density at radius 2 is 2.05 bits per heavy atom. The van der Waals surface area contributed by atoms with E-state index in [2.05, 4.69) is 62.3 Å². The van der Waals surface area contributed by atoms with E-state index < -0.39 is 0 Å². The summed E-state index contributed by atoms with van der Waals surface area (Å²) >= 11 is 3.53. The van der Waals surface area contributed by atoms with Crippen LogP contribution >= 0.6 is 15.9 Å². The van der Waals surface area contributed by atoms with Gasteiger partial charge in [0.25, 0.3) is 0 Å². The summed E-state index contributed by atoms with van der Waals surface area (Å²) in [7, 11) is 2.19. The van der Waals surface area contributed by atoms with Gasteiger partial charge in [0, 0.05) is 19.3 Å². The summed E-state index contributed by atoms with van der Waals surface area (Å²) in [4.78, 5) is 11.2. The number of piperidine rings is 1. The molecule has 0 radical (unpaired) electrons. The van der Waals surface area contributed by atoms with Gasteiger partial charge in [0.05, 0.1) is 4.47 Å². The summed E-state index contributed by atoms with van der Waals surface area (Å²) in [5.41, 5.74) is 0.341. The molecule has 118 valence electrons. The number of hydrogen-bond acceptors (Lipinski definition) is 5. The van der Waals surface area contributed by atoms with Crippen molar-refractivity contribution in [3.05, 3.63) is 10.7 Å². The highest BCUT2D eigenvalue weighted by Gasteiger charge is 2.28. The minimum absolute atomic E-state index is 0.341. The van der Waals surface area contributed by atoms with Crippen LogP contribution < -0.4 is 10.6 Å². The van der Waals surface area contributed by atoms with E-state index in [4.69, 9.17) is 0 Å². The molecule has 1 aliphatic rings. The van der Waals surface area contributed by atoms with Crippen LogP contribution in [-0.2, 0) is 0 Å². The molecule has 0 saturated carbocycles. The van der Waals surface area contributed by atoms with Gasteiger partial charge in [-0.1, -0.05) is 13.8 Å². The summed E-state index contributed by atoms with van der Waals surface area (Å²) in [5.74, 6) is 1.57. The summed E-state index contributed by atoms with van der Waals surface area (Å²) in [5, 5.41) is 6.72. The Hall–Kier alpha value is -0.880. The minimum Gasteiger partial charge on any atom is -0.368 e. The van der Waals surface area contributed by atoms with Crippen LogP contribution in [0.4, 0.5) is 11.8 Å². The summed E-state index contributed by atoms with van der Waals surface area (Å²) in [6, 6.07) is 0. The molecule has 0 unspecified atom stereocenters. The first-order valence-corrected chi connectivity index (χ1v) is 8.50. The third-order valence-corrected chi connectivity index (χ3v) is 4.73. The van der Waals surface area contributed by atoms with Gasteiger partial charge in [0.1, 0.15) is 5.82 Å². The smallest absolute Gasteiger partial charge is 0.224 e. The number of anilines is 2. The normalized spacial score (nSPS) is 18.5. The average Bonchev–Trinajstić information content (AvgIpc) is 2.48. The third-order valence-electron chi connectivity index (χ3n) is 4.15. The molecule has 2 heterocycles. The maximum Gasteiger partial charge on any atom is 0.224 e. The lowest BCUT2D eigenvalue weighted by molar-refractivity contribution is 0.150. The van der Waals surface area contributed by atoms with Gasteiger partial charge in [0.2, 0.25) is 5.95 Å². The van der Waals surface area contributed by atoms with Crippen molar-refractivity contribution in [2.75, 3.05) is 43.9 Å². The van der Waals surface area contributed by atoms with Crippen molar-refractivity contribution < 1.29 is 0 Å². The van der Waals surface area contributed by atoms with Crippen molar-refractivity contribution in [1.82, 2.24) is 14.9 Å². The van der Waals surface area contributed by atoms with Gasteiger partial charge in [-0.15, -0.1) is 0 Å². The Bertz CT molecular complexity index is 457. The molecule has 1 aromatic rings. The zero-order valence-electron chi connectivity index (χ0n) is 13.2. The van der Waals surface area contributed by atoms with Crippen LogP contribution in [0.3, 0.4) is 0 Å².